The third-order valence-electron chi connectivity index (χ3n) is 1.31. The molecule has 0 aliphatic carbocycles. The van der Waals surface area contributed by atoms with Crippen LogP contribution in [0.15, 0.2) is 24.8 Å². The molecule has 0 aliphatic heterocycles. The van der Waals surface area contributed by atoms with Gasteiger partial charge >= 0.3 is 29.6 Å². The summed E-state index contributed by atoms with van der Waals surface area (Å²) in [5.41, 5.74) is -0.400. The molecule has 0 fully saturated rings. The Hall–Kier alpha value is -1.17. The summed E-state index contributed by atoms with van der Waals surface area (Å²) in [6, 6.07) is 1.56. The summed E-state index contributed by atoms with van der Waals surface area (Å²) in [5, 5.41) is 36.7. The molecule has 1 aromatic carbocycles. The molecule has 0 heterocycles. The van der Waals surface area contributed by atoms with Gasteiger partial charge in [-0.25, -0.2) is 0 Å². The summed E-state index contributed by atoms with van der Waals surface area (Å²) >= 11 is 0. The van der Waals surface area contributed by atoms with Crippen LogP contribution in [-0.2, 0) is 0 Å². The molecule has 3 N–H and O–H groups in total. The number of carbonyl (C=O) groups excluding carboxylic acids is 1. The maximum Gasteiger partial charge on any atom is 1.00 e. The van der Waals surface area contributed by atoms with Crippen molar-refractivity contribution in [1.82, 2.24) is 0 Å². The first-order valence-corrected chi connectivity index (χ1v) is 3.97. The second-order valence-corrected chi connectivity index (χ2v) is 2.56. The maximum atomic E-state index is 10.2. The smallest absolute Gasteiger partial charge is 0.545 e. The molecule has 0 aromatic heterocycles. The Labute approximate surface area is 115 Å². The van der Waals surface area contributed by atoms with Gasteiger partial charge in [-0.3, -0.25) is 0 Å². The van der Waals surface area contributed by atoms with Crippen LogP contribution in [0.25, 0.3) is 0 Å². The van der Waals surface area contributed by atoms with Crippen molar-refractivity contribution in [3.05, 3.63) is 30.4 Å². The Morgan fingerprint density at radius 3 is 1.88 bits per heavy atom. The first-order chi connectivity index (χ1) is 6.93. The second kappa shape index (κ2) is 8.04. The topological polar surface area (TPSA) is 101 Å². The molecule has 0 atom stereocenters. The molecule has 0 amide bonds. The summed E-state index contributed by atoms with van der Waals surface area (Å²) in [6.45, 7) is 5.25. The van der Waals surface area contributed by atoms with Crippen LogP contribution >= 0.6 is 0 Å². The van der Waals surface area contributed by atoms with E-state index in [1.54, 1.807) is 6.08 Å². The van der Waals surface area contributed by atoms with E-state index >= 15 is 0 Å². The maximum absolute atomic E-state index is 10.2. The molecule has 0 radical (unpaired) electrons. The minimum Gasteiger partial charge on any atom is -0.545 e. The number of hydrogen-bond acceptors (Lipinski definition) is 5. The normalized spacial score (nSPS) is 8.06. The van der Waals surface area contributed by atoms with Crippen molar-refractivity contribution in [1.29, 1.82) is 0 Å². The van der Waals surface area contributed by atoms with Crippen molar-refractivity contribution >= 4 is 5.97 Å². The standard InChI is InChI=1S/C7H6O5.C3H6.Na/c8-4-1-3(7(11)12)2-5(9)6(4)10;1-3-2;/h1-2,8-10H,(H,11,12);3H,1H2,2H3;/q;;+1/p-1. The van der Waals surface area contributed by atoms with Gasteiger partial charge in [-0.15, -0.1) is 6.58 Å². The molecular weight excluding hydrogens is 223 g/mol. The number of allylic oxidation sites excluding steroid dienone is 1. The van der Waals surface area contributed by atoms with E-state index in [0.29, 0.717) is 0 Å². The van der Waals surface area contributed by atoms with Crippen molar-refractivity contribution < 1.29 is 54.8 Å². The number of phenolic OH excluding ortho intramolecular Hbond substituents is 3. The van der Waals surface area contributed by atoms with Crippen LogP contribution in [0.4, 0.5) is 0 Å². The summed E-state index contributed by atoms with van der Waals surface area (Å²) in [5.74, 6) is -3.69. The molecule has 5 nitrogen and oxygen atoms in total. The molecule has 1 aromatic rings. The van der Waals surface area contributed by atoms with Crippen molar-refractivity contribution in [2.24, 2.45) is 0 Å². The quantitative estimate of drug-likeness (QED) is 0.280. The van der Waals surface area contributed by atoms with E-state index in [4.69, 9.17) is 15.3 Å². The van der Waals surface area contributed by atoms with Crippen LogP contribution in [0.1, 0.15) is 17.3 Å². The van der Waals surface area contributed by atoms with E-state index in [-0.39, 0.29) is 29.6 Å². The number of carboxylic acid groups (broad SMARTS) is 1. The van der Waals surface area contributed by atoms with Gasteiger partial charge in [-0.05, 0) is 19.1 Å². The Balaban J connectivity index is 0. The van der Waals surface area contributed by atoms with Gasteiger partial charge in [0, 0.05) is 5.56 Å². The fourth-order valence-electron chi connectivity index (χ4n) is 0.722. The Morgan fingerprint density at radius 2 is 1.62 bits per heavy atom. The SMILES string of the molecule is C=CC.O=C([O-])c1cc(O)c(O)c(O)c1.[Na+]. The van der Waals surface area contributed by atoms with Crippen molar-refractivity contribution in [3.8, 4) is 17.2 Å². The van der Waals surface area contributed by atoms with Crippen LogP contribution in [-0.4, -0.2) is 21.3 Å². The predicted molar refractivity (Wildman–Crippen MR) is 51.6 cm³/mol. The molecule has 16 heavy (non-hydrogen) atoms. The third kappa shape index (κ3) is 5.06. The van der Waals surface area contributed by atoms with E-state index in [0.717, 1.165) is 12.1 Å². The number of aromatic carboxylic acids is 1. The van der Waals surface area contributed by atoms with Crippen LogP contribution in [0.5, 0.6) is 17.2 Å². The number of hydrogen-bond donors (Lipinski definition) is 3. The van der Waals surface area contributed by atoms with Crippen molar-refractivity contribution in [2.45, 2.75) is 6.92 Å². The van der Waals surface area contributed by atoms with Gasteiger partial charge in [-0.2, -0.15) is 0 Å². The molecule has 0 aliphatic rings. The number of rotatable bonds is 1. The largest absolute Gasteiger partial charge is 1.00 e. The van der Waals surface area contributed by atoms with E-state index in [9.17, 15) is 9.90 Å². The Bertz CT molecular complexity index is 352. The van der Waals surface area contributed by atoms with Gasteiger partial charge in [0.05, 0.1) is 5.97 Å². The summed E-state index contributed by atoms with van der Waals surface area (Å²) < 4.78 is 0. The fourth-order valence-corrected chi connectivity index (χ4v) is 0.722. The zero-order valence-corrected chi connectivity index (χ0v) is 11.1. The Kier molecular flexibility index (Phi) is 8.66. The average molecular weight is 234 g/mol. The molecule has 0 unspecified atom stereocenters. The van der Waals surface area contributed by atoms with Crippen LogP contribution in [0.2, 0.25) is 0 Å². The monoisotopic (exact) mass is 234 g/mol. The summed E-state index contributed by atoms with van der Waals surface area (Å²) in [7, 11) is 0. The van der Waals surface area contributed by atoms with Gasteiger partial charge in [-0.1, -0.05) is 6.08 Å². The fraction of sp³-hybridized carbons (Fsp3) is 0.100. The molecule has 0 saturated heterocycles. The van der Waals surface area contributed by atoms with E-state index < -0.39 is 28.8 Å². The van der Waals surface area contributed by atoms with Gasteiger partial charge in [0.25, 0.3) is 0 Å². The molecule has 6 heteroatoms. The van der Waals surface area contributed by atoms with Crippen molar-refractivity contribution in [3.63, 3.8) is 0 Å². The number of carboxylic acids is 1. The first-order valence-electron chi connectivity index (χ1n) is 3.97. The van der Waals surface area contributed by atoms with Crippen LogP contribution < -0.4 is 34.7 Å². The predicted octanol–water partition coefficient (Wildman–Crippen LogP) is -2.64. The minimum absolute atomic E-state index is 0. The molecule has 0 bridgehead atoms. The van der Waals surface area contributed by atoms with Gasteiger partial charge in [0.2, 0.25) is 0 Å². The molecule has 0 saturated carbocycles. The first kappa shape index (κ1) is 17.2. The number of carbonyl (C=O) groups is 1. The van der Waals surface area contributed by atoms with Gasteiger partial charge in [0.15, 0.2) is 17.2 Å². The average Bonchev–Trinajstić information content (AvgIpc) is 2.14. The molecule has 0 spiro atoms. The number of phenols is 3. The summed E-state index contributed by atoms with van der Waals surface area (Å²) in [6.07, 6.45) is 1.75. The van der Waals surface area contributed by atoms with Gasteiger partial charge < -0.3 is 25.2 Å². The van der Waals surface area contributed by atoms with E-state index in [1.165, 1.54) is 0 Å². The molecule has 1 rings (SSSR count). The van der Waals surface area contributed by atoms with Crippen LogP contribution in [0, 0.1) is 0 Å². The second-order valence-electron chi connectivity index (χ2n) is 2.56. The third-order valence-corrected chi connectivity index (χ3v) is 1.31. The van der Waals surface area contributed by atoms with Crippen molar-refractivity contribution in [2.75, 3.05) is 0 Å². The zero-order valence-electron chi connectivity index (χ0n) is 9.10. The molecular formula is C10H11NaO5. The Morgan fingerprint density at radius 1 is 1.31 bits per heavy atom. The number of aromatic hydroxyl groups is 3. The minimum atomic E-state index is -1.54. The van der Waals surface area contributed by atoms with E-state index in [2.05, 4.69) is 6.58 Å². The zero-order chi connectivity index (χ0) is 12.0. The summed E-state index contributed by atoms with van der Waals surface area (Å²) in [4.78, 5) is 10.2. The van der Waals surface area contributed by atoms with E-state index in [1.807, 2.05) is 6.92 Å². The van der Waals surface area contributed by atoms with Gasteiger partial charge in [0.1, 0.15) is 0 Å². The number of benzene rings is 1. The van der Waals surface area contributed by atoms with Crippen LogP contribution in [0.3, 0.4) is 0 Å². The molecule has 82 valence electrons.